The third kappa shape index (κ3) is 2.08. The first-order valence-corrected chi connectivity index (χ1v) is 6.82. The van der Waals surface area contributed by atoms with Gasteiger partial charge in [-0.25, -0.2) is 4.98 Å². The Balaban J connectivity index is 1.69. The number of imidazole rings is 1. The molecule has 0 amide bonds. The number of thioether (sulfide) groups is 1. The molecule has 1 aromatic carbocycles. The second-order valence-electron chi connectivity index (χ2n) is 4.14. The van der Waals surface area contributed by atoms with Crippen LogP contribution in [0.1, 0.15) is 12.2 Å². The maximum atomic E-state index is 4.55. The van der Waals surface area contributed by atoms with Gasteiger partial charge in [-0.2, -0.15) is 11.8 Å². The SMILES string of the molecule is c1ccc2[nH]c(CNC3CCSC3)nc2c1. The van der Waals surface area contributed by atoms with Gasteiger partial charge in [-0.15, -0.1) is 0 Å². The molecule has 3 nitrogen and oxygen atoms in total. The molecule has 0 saturated carbocycles. The van der Waals surface area contributed by atoms with Crippen LogP contribution in [0.4, 0.5) is 0 Å². The van der Waals surface area contributed by atoms with Gasteiger partial charge in [0.1, 0.15) is 5.82 Å². The van der Waals surface area contributed by atoms with Crippen molar-refractivity contribution in [1.29, 1.82) is 0 Å². The summed E-state index contributed by atoms with van der Waals surface area (Å²) >= 11 is 2.03. The fourth-order valence-electron chi connectivity index (χ4n) is 2.03. The highest BCUT2D eigenvalue weighted by atomic mass is 32.2. The van der Waals surface area contributed by atoms with Gasteiger partial charge in [-0.3, -0.25) is 0 Å². The molecule has 2 N–H and O–H groups in total. The van der Waals surface area contributed by atoms with Gasteiger partial charge in [0.25, 0.3) is 0 Å². The van der Waals surface area contributed by atoms with Crippen LogP contribution in [0.2, 0.25) is 0 Å². The van der Waals surface area contributed by atoms with Crippen LogP contribution in [-0.4, -0.2) is 27.5 Å². The molecule has 1 fully saturated rings. The zero-order chi connectivity index (χ0) is 10.8. The largest absolute Gasteiger partial charge is 0.341 e. The number of hydrogen-bond acceptors (Lipinski definition) is 3. The van der Waals surface area contributed by atoms with E-state index in [1.54, 1.807) is 0 Å². The molecule has 0 spiro atoms. The molecule has 1 aliphatic rings. The average molecular weight is 233 g/mol. The molecule has 2 heterocycles. The molecule has 0 radical (unpaired) electrons. The quantitative estimate of drug-likeness (QED) is 0.853. The van der Waals surface area contributed by atoms with Crippen LogP contribution in [0.3, 0.4) is 0 Å². The van der Waals surface area contributed by atoms with E-state index in [1.807, 2.05) is 30.0 Å². The fraction of sp³-hybridized carbons (Fsp3) is 0.417. The number of fused-ring (bicyclic) bond motifs is 1. The summed E-state index contributed by atoms with van der Waals surface area (Å²) < 4.78 is 0. The molecule has 1 unspecified atom stereocenters. The summed E-state index contributed by atoms with van der Waals surface area (Å²) in [6.45, 7) is 0.847. The van der Waals surface area contributed by atoms with E-state index in [9.17, 15) is 0 Å². The Kier molecular flexibility index (Phi) is 2.84. The lowest BCUT2D eigenvalue weighted by Gasteiger charge is -2.08. The van der Waals surface area contributed by atoms with E-state index in [2.05, 4.69) is 21.4 Å². The van der Waals surface area contributed by atoms with E-state index in [4.69, 9.17) is 0 Å². The Morgan fingerprint density at radius 2 is 2.38 bits per heavy atom. The van der Waals surface area contributed by atoms with Gasteiger partial charge in [0.2, 0.25) is 0 Å². The third-order valence-corrected chi connectivity index (χ3v) is 4.09. The molecule has 0 aliphatic carbocycles. The van der Waals surface area contributed by atoms with Crippen molar-refractivity contribution in [2.24, 2.45) is 0 Å². The van der Waals surface area contributed by atoms with Crippen molar-refractivity contribution in [2.75, 3.05) is 11.5 Å². The van der Waals surface area contributed by atoms with Crippen molar-refractivity contribution in [1.82, 2.24) is 15.3 Å². The van der Waals surface area contributed by atoms with Crippen LogP contribution in [0.15, 0.2) is 24.3 Å². The van der Waals surface area contributed by atoms with E-state index in [0.717, 1.165) is 23.4 Å². The second-order valence-corrected chi connectivity index (χ2v) is 5.29. The van der Waals surface area contributed by atoms with Crippen molar-refractivity contribution in [2.45, 2.75) is 19.0 Å². The van der Waals surface area contributed by atoms with Gasteiger partial charge in [0.05, 0.1) is 17.6 Å². The summed E-state index contributed by atoms with van der Waals surface area (Å²) in [4.78, 5) is 7.89. The van der Waals surface area contributed by atoms with Crippen molar-refractivity contribution in [3.8, 4) is 0 Å². The average Bonchev–Trinajstić information content (AvgIpc) is 2.95. The predicted molar refractivity (Wildman–Crippen MR) is 68.7 cm³/mol. The lowest BCUT2D eigenvalue weighted by molar-refractivity contribution is 0.547. The zero-order valence-electron chi connectivity index (χ0n) is 9.07. The minimum atomic E-state index is 0.665. The van der Waals surface area contributed by atoms with Gasteiger partial charge >= 0.3 is 0 Å². The van der Waals surface area contributed by atoms with Gasteiger partial charge in [0, 0.05) is 11.8 Å². The molecule has 2 aromatic rings. The molecule has 3 rings (SSSR count). The van der Waals surface area contributed by atoms with Crippen molar-refractivity contribution < 1.29 is 0 Å². The summed E-state index contributed by atoms with van der Waals surface area (Å²) in [5.41, 5.74) is 2.18. The Bertz CT molecular complexity index is 441. The minimum absolute atomic E-state index is 0.665. The lowest BCUT2D eigenvalue weighted by Crippen LogP contribution is -2.28. The van der Waals surface area contributed by atoms with E-state index < -0.39 is 0 Å². The molecule has 0 bridgehead atoms. The van der Waals surface area contributed by atoms with E-state index in [1.165, 1.54) is 17.9 Å². The van der Waals surface area contributed by atoms with Crippen molar-refractivity contribution >= 4 is 22.8 Å². The van der Waals surface area contributed by atoms with Crippen LogP contribution < -0.4 is 5.32 Å². The smallest absolute Gasteiger partial charge is 0.121 e. The summed E-state index contributed by atoms with van der Waals surface area (Å²) in [7, 11) is 0. The topological polar surface area (TPSA) is 40.7 Å². The van der Waals surface area contributed by atoms with Gasteiger partial charge in [-0.05, 0) is 24.3 Å². The van der Waals surface area contributed by atoms with Crippen molar-refractivity contribution in [3.05, 3.63) is 30.1 Å². The first-order chi connectivity index (χ1) is 7.92. The summed E-state index contributed by atoms with van der Waals surface area (Å²) in [6.07, 6.45) is 1.28. The number of aromatic nitrogens is 2. The Labute approximate surface area is 99.0 Å². The highest BCUT2D eigenvalue weighted by Gasteiger charge is 2.14. The standard InChI is InChI=1S/C12H15N3S/c1-2-4-11-10(3-1)14-12(15-11)7-13-9-5-6-16-8-9/h1-4,9,13H,5-8H2,(H,14,15). The van der Waals surface area contributed by atoms with Crippen molar-refractivity contribution in [3.63, 3.8) is 0 Å². The zero-order valence-corrected chi connectivity index (χ0v) is 9.89. The third-order valence-electron chi connectivity index (χ3n) is 2.93. The molecule has 1 aliphatic heterocycles. The number of nitrogens with zero attached hydrogens (tertiary/aromatic N) is 1. The van der Waals surface area contributed by atoms with Gasteiger partial charge in [-0.1, -0.05) is 12.1 Å². The summed E-state index contributed by atoms with van der Waals surface area (Å²) in [5, 5.41) is 3.54. The number of aromatic amines is 1. The second kappa shape index (κ2) is 4.47. The van der Waals surface area contributed by atoms with Crippen LogP contribution in [0, 0.1) is 0 Å². The van der Waals surface area contributed by atoms with Crippen LogP contribution in [-0.2, 0) is 6.54 Å². The van der Waals surface area contributed by atoms with Gasteiger partial charge < -0.3 is 10.3 Å². The van der Waals surface area contributed by atoms with Crippen LogP contribution >= 0.6 is 11.8 Å². The first kappa shape index (κ1) is 10.2. The number of H-pyrrole nitrogens is 1. The molecule has 84 valence electrons. The Hall–Kier alpha value is -1.00. The summed E-state index contributed by atoms with van der Waals surface area (Å²) in [5.74, 6) is 3.57. The molecule has 4 heteroatoms. The number of para-hydroxylation sites is 2. The maximum absolute atomic E-state index is 4.55. The maximum Gasteiger partial charge on any atom is 0.121 e. The predicted octanol–water partition coefficient (Wildman–Crippen LogP) is 2.16. The summed E-state index contributed by atoms with van der Waals surface area (Å²) in [6, 6.07) is 8.83. The van der Waals surface area contributed by atoms with E-state index in [0.29, 0.717) is 6.04 Å². The molecular weight excluding hydrogens is 218 g/mol. The number of hydrogen-bond donors (Lipinski definition) is 2. The minimum Gasteiger partial charge on any atom is -0.341 e. The fourth-order valence-corrected chi connectivity index (χ4v) is 3.21. The molecule has 1 atom stereocenters. The number of benzene rings is 1. The highest BCUT2D eigenvalue weighted by Crippen LogP contribution is 2.17. The van der Waals surface area contributed by atoms with E-state index >= 15 is 0 Å². The number of rotatable bonds is 3. The normalized spacial score (nSPS) is 20.6. The molecule has 16 heavy (non-hydrogen) atoms. The lowest BCUT2D eigenvalue weighted by atomic mass is 10.2. The molecule has 1 saturated heterocycles. The van der Waals surface area contributed by atoms with Crippen LogP contribution in [0.25, 0.3) is 11.0 Å². The highest BCUT2D eigenvalue weighted by molar-refractivity contribution is 7.99. The number of nitrogens with one attached hydrogen (secondary N) is 2. The Morgan fingerprint density at radius 1 is 1.44 bits per heavy atom. The van der Waals surface area contributed by atoms with E-state index in [-0.39, 0.29) is 0 Å². The first-order valence-electron chi connectivity index (χ1n) is 5.66. The Morgan fingerprint density at radius 3 is 3.19 bits per heavy atom. The van der Waals surface area contributed by atoms with Crippen LogP contribution in [0.5, 0.6) is 0 Å². The monoisotopic (exact) mass is 233 g/mol. The van der Waals surface area contributed by atoms with Gasteiger partial charge in [0.15, 0.2) is 0 Å². The molecular formula is C12H15N3S. The molecule has 1 aromatic heterocycles.